The van der Waals surface area contributed by atoms with E-state index in [4.69, 9.17) is 0 Å². The Morgan fingerprint density at radius 2 is 1.95 bits per heavy atom. The van der Waals surface area contributed by atoms with E-state index < -0.39 is 17.5 Å². The van der Waals surface area contributed by atoms with Gasteiger partial charge in [0.1, 0.15) is 5.82 Å². The largest absolute Gasteiger partial charge is 0.366 e. The number of hydrogen-bond acceptors (Lipinski definition) is 3. The van der Waals surface area contributed by atoms with E-state index in [1.807, 2.05) is 0 Å². The van der Waals surface area contributed by atoms with Crippen molar-refractivity contribution in [3.63, 3.8) is 0 Å². The summed E-state index contributed by atoms with van der Waals surface area (Å²) < 4.78 is 14.4. The summed E-state index contributed by atoms with van der Waals surface area (Å²) in [6.45, 7) is 0.854. The number of anilines is 2. The van der Waals surface area contributed by atoms with Gasteiger partial charge in [-0.2, -0.15) is 0 Å². The van der Waals surface area contributed by atoms with Crippen LogP contribution in [0.3, 0.4) is 0 Å². The van der Waals surface area contributed by atoms with Gasteiger partial charge >= 0.3 is 0 Å². The summed E-state index contributed by atoms with van der Waals surface area (Å²) in [6, 6.07) is 3.24. The molecule has 1 N–H and O–H groups in total. The molecule has 1 saturated heterocycles. The minimum atomic E-state index is -0.668. The van der Waals surface area contributed by atoms with Gasteiger partial charge in [0.05, 0.1) is 16.9 Å². The molecule has 4 rings (SSSR count). The van der Waals surface area contributed by atoms with Crippen molar-refractivity contribution in [2.75, 3.05) is 16.8 Å². The second-order valence-electron chi connectivity index (χ2n) is 6.23. The third-order valence-corrected chi connectivity index (χ3v) is 5.11. The Kier molecular flexibility index (Phi) is 2.77. The average Bonchev–Trinajstić information content (AvgIpc) is 3.02. The van der Waals surface area contributed by atoms with Crippen LogP contribution in [-0.2, 0) is 4.79 Å². The smallest absolute Gasteiger partial charge is 0.296 e. The van der Waals surface area contributed by atoms with Gasteiger partial charge in [-0.1, -0.05) is 12.8 Å². The van der Waals surface area contributed by atoms with Gasteiger partial charge in [0, 0.05) is 12.6 Å². The zero-order chi connectivity index (χ0) is 14.6. The van der Waals surface area contributed by atoms with Crippen LogP contribution in [-0.4, -0.2) is 24.3 Å². The highest BCUT2D eigenvalue weighted by atomic mass is 19.1. The summed E-state index contributed by atoms with van der Waals surface area (Å²) in [6.07, 6.45) is 5.90. The predicted octanol–water partition coefficient (Wildman–Crippen LogP) is 2.73. The number of carbonyl (C=O) groups excluding carboxylic acids is 2. The zero-order valence-electron chi connectivity index (χ0n) is 11.7. The van der Waals surface area contributed by atoms with Crippen LogP contribution in [0.5, 0.6) is 0 Å². The number of carbonyl (C=O) groups is 2. The monoisotopic (exact) mass is 288 g/mol. The Bertz CT molecular complexity index is 643. The van der Waals surface area contributed by atoms with Crippen molar-refractivity contribution in [2.24, 2.45) is 5.92 Å². The lowest BCUT2D eigenvalue weighted by molar-refractivity contribution is -0.112. The van der Waals surface area contributed by atoms with E-state index >= 15 is 0 Å². The molecule has 2 unspecified atom stereocenters. The van der Waals surface area contributed by atoms with Crippen LogP contribution in [0.25, 0.3) is 0 Å². The molecule has 1 saturated carbocycles. The highest BCUT2D eigenvalue weighted by molar-refractivity contribution is 6.51. The van der Waals surface area contributed by atoms with E-state index in [1.54, 1.807) is 6.07 Å². The average molecular weight is 288 g/mol. The number of amides is 1. The normalized spacial score (nSPS) is 27.6. The maximum Gasteiger partial charge on any atom is 0.296 e. The highest BCUT2D eigenvalue weighted by Crippen LogP contribution is 2.41. The number of halogens is 1. The summed E-state index contributed by atoms with van der Waals surface area (Å²) in [5, 5.41) is 2.53. The lowest BCUT2D eigenvalue weighted by Gasteiger charge is -2.33. The van der Waals surface area contributed by atoms with Crippen LogP contribution >= 0.6 is 0 Å². The predicted molar refractivity (Wildman–Crippen MR) is 77.1 cm³/mol. The van der Waals surface area contributed by atoms with Gasteiger partial charge in [-0.05, 0) is 37.3 Å². The topological polar surface area (TPSA) is 49.4 Å². The number of fused-ring (bicyclic) bond motifs is 2. The van der Waals surface area contributed by atoms with Crippen molar-refractivity contribution in [3.05, 3.63) is 23.5 Å². The first kappa shape index (κ1) is 12.8. The molecule has 2 fully saturated rings. The fourth-order valence-electron chi connectivity index (χ4n) is 4.08. The molecular formula is C16H17FN2O2. The van der Waals surface area contributed by atoms with Crippen LogP contribution in [0.1, 0.15) is 42.5 Å². The molecule has 1 aromatic carbocycles. The molecule has 2 aliphatic heterocycles. The van der Waals surface area contributed by atoms with Crippen LogP contribution in [0, 0.1) is 11.7 Å². The minimum Gasteiger partial charge on any atom is -0.366 e. The molecule has 110 valence electrons. The Morgan fingerprint density at radius 1 is 1.14 bits per heavy atom. The number of nitrogens with one attached hydrogen (secondary N) is 1. The third kappa shape index (κ3) is 1.87. The van der Waals surface area contributed by atoms with E-state index in [9.17, 15) is 14.0 Å². The zero-order valence-corrected chi connectivity index (χ0v) is 11.7. The van der Waals surface area contributed by atoms with Crippen molar-refractivity contribution < 1.29 is 14.0 Å². The summed E-state index contributed by atoms with van der Waals surface area (Å²) >= 11 is 0. The van der Waals surface area contributed by atoms with Crippen LogP contribution in [0.15, 0.2) is 12.1 Å². The standard InChI is InChI=1S/C16H17FN2O2/c17-11-7-10-12(18-16(21)15(10)20)8-14(11)19-6-5-9-3-1-2-4-13(9)19/h7-9,13H,1-6H2,(H,18,20,21). The fraction of sp³-hybridized carbons (Fsp3) is 0.500. The number of ketones is 1. The Balaban J connectivity index is 1.72. The number of benzene rings is 1. The number of Topliss-reactive ketones (excluding diaryl/α,β-unsaturated/α-hetero) is 1. The lowest BCUT2D eigenvalue weighted by atomic mass is 9.85. The molecule has 1 aromatic rings. The van der Waals surface area contributed by atoms with E-state index in [2.05, 4.69) is 10.2 Å². The van der Waals surface area contributed by atoms with Gasteiger partial charge in [0.2, 0.25) is 0 Å². The molecule has 0 radical (unpaired) electrons. The van der Waals surface area contributed by atoms with E-state index in [1.165, 1.54) is 25.3 Å². The molecule has 21 heavy (non-hydrogen) atoms. The lowest BCUT2D eigenvalue weighted by Crippen LogP contribution is -2.35. The fourth-order valence-corrected chi connectivity index (χ4v) is 4.08. The first-order valence-electron chi connectivity index (χ1n) is 7.61. The minimum absolute atomic E-state index is 0.153. The number of hydrogen-bond donors (Lipinski definition) is 1. The maximum atomic E-state index is 14.4. The molecule has 2 heterocycles. The molecule has 0 aromatic heterocycles. The van der Waals surface area contributed by atoms with Gasteiger partial charge in [0.25, 0.3) is 11.7 Å². The van der Waals surface area contributed by atoms with Crippen LogP contribution in [0.4, 0.5) is 15.8 Å². The van der Waals surface area contributed by atoms with E-state index in [0.29, 0.717) is 23.3 Å². The van der Waals surface area contributed by atoms with Crippen LogP contribution < -0.4 is 10.2 Å². The van der Waals surface area contributed by atoms with E-state index in [-0.39, 0.29) is 5.56 Å². The molecular weight excluding hydrogens is 271 g/mol. The van der Waals surface area contributed by atoms with Gasteiger partial charge in [-0.15, -0.1) is 0 Å². The molecule has 5 heteroatoms. The van der Waals surface area contributed by atoms with Gasteiger partial charge in [-0.3, -0.25) is 9.59 Å². The summed E-state index contributed by atoms with van der Waals surface area (Å²) in [5.41, 5.74) is 1.12. The van der Waals surface area contributed by atoms with E-state index in [0.717, 1.165) is 19.4 Å². The maximum absolute atomic E-state index is 14.4. The summed E-state index contributed by atoms with van der Waals surface area (Å²) in [5.74, 6) is -1.06. The first-order chi connectivity index (χ1) is 10.1. The molecule has 2 atom stereocenters. The van der Waals surface area contributed by atoms with Gasteiger partial charge < -0.3 is 10.2 Å². The summed E-state index contributed by atoms with van der Waals surface area (Å²) in [7, 11) is 0. The molecule has 0 bridgehead atoms. The number of nitrogens with zero attached hydrogens (tertiary/aromatic N) is 1. The number of rotatable bonds is 1. The highest BCUT2D eigenvalue weighted by Gasteiger charge is 2.38. The van der Waals surface area contributed by atoms with Crippen molar-refractivity contribution >= 4 is 23.1 Å². The second-order valence-corrected chi connectivity index (χ2v) is 6.23. The molecule has 3 aliphatic rings. The Morgan fingerprint density at radius 3 is 2.81 bits per heavy atom. The van der Waals surface area contributed by atoms with Crippen molar-refractivity contribution in [2.45, 2.75) is 38.1 Å². The van der Waals surface area contributed by atoms with Crippen molar-refractivity contribution in [1.82, 2.24) is 0 Å². The van der Waals surface area contributed by atoms with Crippen molar-refractivity contribution in [3.8, 4) is 0 Å². The third-order valence-electron chi connectivity index (χ3n) is 5.11. The molecule has 0 spiro atoms. The summed E-state index contributed by atoms with van der Waals surface area (Å²) in [4.78, 5) is 25.2. The molecule has 1 amide bonds. The first-order valence-corrected chi connectivity index (χ1v) is 7.61. The van der Waals surface area contributed by atoms with Crippen molar-refractivity contribution in [1.29, 1.82) is 0 Å². The SMILES string of the molecule is O=C1Nc2cc(N3CCC4CCCCC43)c(F)cc2C1=O. The quantitative estimate of drug-likeness (QED) is 0.808. The van der Waals surface area contributed by atoms with Crippen LogP contribution in [0.2, 0.25) is 0 Å². The van der Waals surface area contributed by atoms with Gasteiger partial charge in [-0.25, -0.2) is 4.39 Å². The molecule has 4 nitrogen and oxygen atoms in total. The van der Waals surface area contributed by atoms with Gasteiger partial charge in [0.15, 0.2) is 0 Å². The Labute approximate surface area is 122 Å². The Hall–Kier alpha value is -1.91. The second kappa shape index (κ2) is 4.55. The molecule has 1 aliphatic carbocycles.